The molecular formula is C17H28N2O2. The predicted octanol–water partition coefficient (Wildman–Crippen LogP) is 2.81. The van der Waals surface area contributed by atoms with Crippen molar-refractivity contribution in [2.45, 2.75) is 46.1 Å². The summed E-state index contributed by atoms with van der Waals surface area (Å²) in [6.07, 6.45) is 1.18. The van der Waals surface area contributed by atoms with Gasteiger partial charge in [-0.25, -0.2) is 0 Å². The third-order valence-corrected chi connectivity index (χ3v) is 3.22. The van der Waals surface area contributed by atoms with E-state index in [0.717, 1.165) is 11.3 Å². The first kappa shape index (κ1) is 17.5. The third-order valence-electron chi connectivity index (χ3n) is 3.22. The van der Waals surface area contributed by atoms with Gasteiger partial charge < -0.3 is 15.8 Å². The van der Waals surface area contributed by atoms with Crippen LogP contribution in [0.1, 0.15) is 46.1 Å². The zero-order chi connectivity index (χ0) is 15.9. The summed E-state index contributed by atoms with van der Waals surface area (Å²) in [5, 5.41) is 3.04. The first-order chi connectivity index (χ1) is 9.85. The maximum atomic E-state index is 11.8. The molecule has 1 aromatic carbocycles. The molecule has 0 bridgehead atoms. The highest BCUT2D eigenvalue weighted by Gasteiger charge is 2.22. The van der Waals surface area contributed by atoms with Gasteiger partial charge in [0, 0.05) is 6.42 Å². The average molecular weight is 292 g/mol. The van der Waals surface area contributed by atoms with Gasteiger partial charge in [-0.3, -0.25) is 4.79 Å². The van der Waals surface area contributed by atoms with Crippen molar-refractivity contribution in [3.05, 3.63) is 29.8 Å². The Balaban J connectivity index is 2.64. The first-order valence-electron chi connectivity index (χ1n) is 7.59. The lowest BCUT2D eigenvalue weighted by atomic mass is 9.94. The Hall–Kier alpha value is -1.55. The highest BCUT2D eigenvalue weighted by molar-refractivity contribution is 5.76. The second-order valence-electron chi connectivity index (χ2n) is 6.29. The van der Waals surface area contributed by atoms with Crippen LogP contribution >= 0.6 is 0 Å². The fraction of sp³-hybridized carbons (Fsp3) is 0.588. The van der Waals surface area contributed by atoms with Crippen LogP contribution in [-0.2, 0) is 10.3 Å². The molecule has 0 atom stereocenters. The number of amides is 1. The summed E-state index contributed by atoms with van der Waals surface area (Å²) in [5.41, 5.74) is 6.08. The summed E-state index contributed by atoms with van der Waals surface area (Å²) >= 11 is 0. The molecule has 0 fully saturated rings. The lowest BCUT2D eigenvalue weighted by Gasteiger charge is -2.27. The van der Waals surface area contributed by atoms with Gasteiger partial charge in [0.25, 0.3) is 0 Å². The molecule has 0 saturated carbocycles. The van der Waals surface area contributed by atoms with Crippen LogP contribution in [0.25, 0.3) is 0 Å². The molecule has 0 spiro atoms. The molecule has 3 N–H and O–H groups in total. The Morgan fingerprint density at radius 3 is 2.43 bits per heavy atom. The SMILES string of the molecule is CC(C)COc1ccc(C(C)(C)NC(=O)CCCN)cc1. The summed E-state index contributed by atoms with van der Waals surface area (Å²) in [7, 11) is 0. The number of nitrogens with one attached hydrogen (secondary N) is 1. The van der Waals surface area contributed by atoms with Crippen LogP contribution in [0.15, 0.2) is 24.3 Å². The highest BCUT2D eigenvalue weighted by Crippen LogP contribution is 2.23. The van der Waals surface area contributed by atoms with Gasteiger partial charge in [-0.05, 0) is 50.4 Å². The minimum absolute atomic E-state index is 0.0329. The summed E-state index contributed by atoms with van der Waals surface area (Å²) < 4.78 is 5.67. The average Bonchev–Trinajstić information content (AvgIpc) is 2.43. The van der Waals surface area contributed by atoms with E-state index in [1.807, 2.05) is 38.1 Å². The maximum absolute atomic E-state index is 11.8. The smallest absolute Gasteiger partial charge is 0.220 e. The fourth-order valence-corrected chi connectivity index (χ4v) is 1.98. The molecule has 0 aliphatic carbocycles. The molecule has 1 amide bonds. The summed E-state index contributed by atoms with van der Waals surface area (Å²) in [6, 6.07) is 7.90. The lowest BCUT2D eigenvalue weighted by Crippen LogP contribution is -2.41. The van der Waals surface area contributed by atoms with E-state index >= 15 is 0 Å². The number of carbonyl (C=O) groups is 1. The molecule has 4 heteroatoms. The molecule has 1 aromatic rings. The number of carbonyl (C=O) groups excluding carboxylic acids is 1. The van der Waals surface area contributed by atoms with Crippen molar-refractivity contribution < 1.29 is 9.53 Å². The molecule has 0 unspecified atom stereocenters. The van der Waals surface area contributed by atoms with E-state index in [9.17, 15) is 4.79 Å². The maximum Gasteiger partial charge on any atom is 0.220 e. The van der Waals surface area contributed by atoms with Gasteiger partial charge in [0.15, 0.2) is 0 Å². The van der Waals surface area contributed by atoms with Gasteiger partial charge in [-0.15, -0.1) is 0 Å². The standard InChI is InChI=1S/C17H28N2O2/c1-13(2)12-21-15-9-7-14(8-10-15)17(3,4)19-16(20)6-5-11-18/h7-10,13H,5-6,11-12,18H2,1-4H3,(H,19,20). The van der Waals surface area contributed by atoms with Crippen LogP contribution < -0.4 is 15.8 Å². The van der Waals surface area contributed by atoms with E-state index < -0.39 is 5.54 Å². The normalized spacial score (nSPS) is 11.5. The Bertz CT molecular complexity index is 439. The second-order valence-corrected chi connectivity index (χ2v) is 6.29. The number of hydrogen-bond donors (Lipinski definition) is 2. The molecule has 0 aliphatic heterocycles. The predicted molar refractivity (Wildman–Crippen MR) is 86.2 cm³/mol. The Morgan fingerprint density at radius 2 is 1.90 bits per heavy atom. The highest BCUT2D eigenvalue weighted by atomic mass is 16.5. The van der Waals surface area contributed by atoms with Crippen LogP contribution in [0.3, 0.4) is 0 Å². The molecule has 0 radical (unpaired) electrons. The van der Waals surface area contributed by atoms with Crippen molar-refractivity contribution in [2.75, 3.05) is 13.2 Å². The number of ether oxygens (including phenoxy) is 1. The quantitative estimate of drug-likeness (QED) is 0.774. The molecule has 0 saturated heterocycles. The van der Waals surface area contributed by atoms with Gasteiger partial charge in [0.1, 0.15) is 5.75 Å². The van der Waals surface area contributed by atoms with Gasteiger partial charge in [0.2, 0.25) is 5.91 Å². The van der Waals surface area contributed by atoms with Crippen molar-refractivity contribution >= 4 is 5.91 Å². The van der Waals surface area contributed by atoms with Gasteiger partial charge >= 0.3 is 0 Å². The van der Waals surface area contributed by atoms with Crippen molar-refractivity contribution in [3.63, 3.8) is 0 Å². The van der Waals surface area contributed by atoms with Crippen LogP contribution in [-0.4, -0.2) is 19.1 Å². The van der Waals surface area contributed by atoms with Crippen LogP contribution in [0, 0.1) is 5.92 Å². The lowest BCUT2D eigenvalue weighted by molar-refractivity contribution is -0.122. The number of rotatable bonds is 8. The number of hydrogen-bond acceptors (Lipinski definition) is 3. The van der Waals surface area contributed by atoms with Crippen LogP contribution in [0.2, 0.25) is 0 Å². The molecule has 1 rings (SSSR count). The molecular weight excluding hydrogens is 264 g/mol. The van der Waals surface area contributed by atoms with Crippen LogP contribution in [0.4, 0.5) is 0 Å². The van der Waals surface area contributed by atoms with Gasteiger partial charge in [0.05, 0.1) is 12.1 Å². The molecule has 0 aromatic heterocycles. The summed E-state index contributed by atoms with van der Waals surface area (Å²) in [4.78, 5) is 11.8. The minimum atomic E-state index is -0.401. The summed E-state index contributed by atoms with van der Waals surface area (Å²) in [6.45, 7) is 9.48. The van der Waals surface area contributed by atoms with Crippen molar-refractivity contribution in [3.8, 4) is 5.75 Å². The third kappa shape index (κ3) is 6.17. The van der Waals surface area contributed by atoms with E-state index in [2.05, 4.69) is 19.2 Å². The zero-order valence-corrected chi connectivity index (χ0v) is 13.6. The van der Waals surface area contributed by atoms with E-state index in [4.69, 9.17) is 10.5 Å². The van der Waals surface area contributed by atoms with Gasteiger partial charge in [-0.2, -0.15) is 0 Å². The zero-order valence-electron chi connectivity index (χ0n) is 13.6. The largest absolute Gasteiger partial charge is 0.493 e. The minimum Gasteiger partial charge on any atom is -0.493 e. The first-order valence-corrected chi connectivity index (χ1v) is 7.59. The van der Waals surface area contributed by atoms with E-state index in [-0.39, 0.29) is 5.91 Å². The topological polar surface area (TPSA) is 64.3 Å². The second kappa shape index (κ2) is 8.03. The van der Waals surface area contributed by atoms with E-state index in [1.165, 1.54) is 0 Å². The van der Waals surface area contributed by atoms with Crippen LogP contribution in [0.5, 0.6) is 5.75 Å². The van der Waals surface area contributed by atoms with E-state index in [1.54, 1.807) is 0 Å². The van der Waals surface area contributed by atoms with Crippen molar-refractivity contribution in [1.29, 1.82) is 0 Å². The van der Waals surface area contributed by atoms with Crippen molar-refractivity contribution in [1.82, 2.24) is 5.32 Å². The number of benzene rings is 1. The summed E-state index contributed by atoms with van der Waals surface area (Å²) in [5.74, 6) is 1.39. The van der Waals surface area contributed by atoms with Gasteiger partial charge in [-0.1, -0.05) is 26.0 Å². The fourth-order valence-electron chi connectivity index (χ4n) is 1.98. The Labute approximate surface area is 128 Å². The molecule has 0 heterocycles. The Morgan fingerprint density at radius 1 is 1.29 bits per heavy atom. The molecule has 118 valence electrons. The molecule has 21 heavy (non-hydrogen) atoms. The number of nitrogens with two attached hydrogens (primary N) is 1. The monoisotopic (exact) mass is 292 g/mol. The molecule has 4 nitrogen and oxygen atoms in total. The van der Waals surface area contributed by atoms with E-state index in [0.29, 0.717) is 31.9 Å². The Kier molecular flexibility index (Phi) is 6.69. The molecule has 0 aliphatic rings. The van der Waals surface area contributed by atoms with Crippen molar-refractivity contribution in [2.24, 2.45) is 11.7 Å².